The van der Waals surface area contributed by atoms with E-state index in [2.05, 4.69) is 17.1 Å². The predicted molar refractivity (Wildman–Crippen MR) is 112 cm³/mol. The van der Waals surface area contributed by atoms with Crippen LogP contribution in [-0.4, -0.2) is 54.0 Å². The van der Waals surface area contributed by atoms with Gasteiger partial charge in [0.1, 0.15) is 17.7 Å². The van der Waals surface area contributed by atoms with Crippen LogP contribution in [0.3, 0.4) is 0 Å². The molecule has 0 saturated carbocycles. The van der Waals surface area contributed by atoms with Gasteiger partial charge in [0, 0.05) is 37.2 Å². The molecule has 1 saturated heterocycles. The average Bonchev–Trinajstić information content (AvgIpc) is 2.70. The van der Waals surface area contributed by atoms with Crippen LogP contribution in [0, 0.1) is 5.82 Å². The zero-order chi connectivity index (χ0) is 20.4. The van der Waals surface area contributed by atoms with E-state index >= 15 is 0 Å². The number of nitrogens with zero attached hydrogens (tertiary/aromatic N) is 2. The quantitative estimate of drug-likeness (QED) is 0.822. The van der Waals surface area contributed by atoms with Gasteiger partial charge in [-0.15, -0.1) is 0 Å². The molecule has 2 aromatic carbocycles. The highest BCUT2D eigenvalue weighted by atomic mass is 35.5. The Morgan fingerprint density at radius 3 is 2.79 bits per heavy atom. The molecule has 0 aromatic heterocycles. The monoisotopic (exact) mass is 417 g/mol. The lowest BCUT2D eigenvalue weighted by molar-refractivity contribution is -0.137. The van der Waals surface area contributed by atoms with E-state index in [1.165, 1.54) is 12.1 Å². The number of fused-ring (bicyclic) bond motifs is 1. The smallest absolute Gasteiger partial charge is 0.226 e. The maximum Gasteiger partial charge on any atom is 0.226 e. The van der Waals surface area contributed by atoms with Crippen molar-refractivity contribution in [2.75, 3.05) is 31.5 Å². The molecule has 29 heavy (non-hydrogen) atoms. The molecule has 7 heteroatoms. The lowest BCUT2D eigenvalue weighted by Gasteiger charge is -2.40. The third kappa shape index (κ3) is 4.82. The highest BCUT2D eigenvalue weighted by Crippen LogP contribution is 2.32. The Hall–Kier alpha value is -2.31. The highest BCUT2D eigenvalue weighted by Gasteiger charge is 2.30. The Balaban J connectivity index is 1.30. The van der Waals surface area contributed by atoms with Crippen molar-refractivity contribution in [2.45, 2.75) is 32.0 Å². The summed E-state index contributed by atoms with van der Waals surface area (Å²) >= 11 is 6.01. The first-order valence-electron chi connectivity index (χ1n) is 9.94. The Labute approximate surface area is 175 Å². The number of nitrogens with one attached hydrogen (secondary N) is 1. The summed E-state index contributed by atoms with van der Waals surface area (Å²) < 4.78 is 19.1. The van der Waals surface area contributed by atoms with Crippen LogP contribution in [0.1, 0.15) is 18.9 Å². The third-order valence-electron chi connectivity index (χ3n) is 5.51. The number of amides is 1. The fourth-order valence-electron chi connectivity index (χ4n) is 4.01. The van der Waals surface area contributed by atoms with E-state index in [0.717, 1.165) is 36.6 Å². The van der Waals surface area contributed by atoms with Crippen LogP contribution in [0.25, 0.3) is 0 Å². The fraction of sp³-hybridized carbons (Fsp3) is 0.409. The average molecular weight is 418 g/mol. The Morgan fingerprint density at radius 2 is 2.03 bits per heavy atom. The van der Waals surface area contributed by atoms with Crippen LogP contribution in [0.5, 0.6) is 5.75 Å². The molecule has 0 spiro atoms. The summed E-state index contributed by atoms with van der Waals surface area (Å²) in [6, 6.07) is 12.2. The number of anilines is 1. The molecule has 2 atom stereocenters. The minimum Gasteiger partial charge on any atom is -0.486 e. The topological polar surface area (TPSA) is 44.8 Å². The first-order chi connectivity index (χ1) is 14.0. The van der Waals surface area contributed by atoms with Crippen molar-refractivity contribution in [3.05, 3.63) is 58.9 Å². The largest absolute Gasteiger partial charge is 0.486 e. The molecule has 1 amide bonds. The number of benzene rings is 2. The summed E-state index contributed by atoms with van der Waals surface area (Å²) in [6.45, 7) is 5.71. The van der Waals surface area contributed by atoms with Gasteiger partial charge in [-0.2, -0.15) is 0 Å². The number of carbonyl (C=O) groups is 1. The maximum atomic E-state index is 13.1. The van der Waals surface area contributed by atoms with Crippen LogP contribution in [0.15, 0.2) is 42.5 Å². The standard InChI is InChI=1S/C22H25ClFN3O2/c1-15-13-26(14-16-2-5-18(24)6-3-16)8-9-27(15)22(28)11-19-12-25-20-10-17(23)4-7-21(20)29-19/h2-7,10,15,19,25H,8-9,11-14H2,1H3. The highest BCUT2D eigenvalue weighted by molar-refractivity contribution is 6.30. The van der Waals surface area contributed by atoms with Crippen molar-refractivity contribution in [3.63, 3.8) is 0 Å². The molecule has 0 aliphatic carbocycles. The molecule has 154 valence electrons. The van der Waals surface area contributed by atoms with Crippen LogP contribution in [0.4, 0.5) is 10.1 Å². The lowest BCUT2D eigenvalue weighted by atomic mass is 10.1. The summed E-state index contributed by atoms with van der Waals surface area (Å²) in [5.74, 6) is 0.626. The fourth-order valence-corrected chi connectivity index (χ4v) is 4.18. The van der Waals surface area contributed by atoms with E-state index < -0.39 is 0 Å². The van der Waals surface area contributed by atoms with Gasteiger partial charge in [0.2, 0.25) is 5.91 Å². The van der Waals surface area contributed by atoms with Crippen LogP contribution in [-0.2, 0) is 11.3 Å². The molecule has 2 aliphatic heterocycles. The van der Waals surface area contributed by atoms with E-state index in [1.54, 1.807) is 6.07 Å². The van der Waals surface area contributed by atoms with Gasteiger partial charge in [0.05, 0.1) is 18.7 Å². The summed E-state index contributed by atoms with van der Waals surface area (Å²) in [7, 11) is 0. The summed E-state index contributed by atoms with van der Waals surface area (Å²) in [5.41, 5.74) is 1.95. The molecule has 5 nitrogen and oxygen atoms in total. The molecule has 1 fully saturated rings. The number of carbonyl (C=O) groups excluding carboxylic acids is 1. The van der Waals surface area contributed by atoms with Gasteiger partial charge in [-0.3, -0.25) is 9.69 Å². The van der Waals surface area contributed by atoms with E-state index in [-0.39, 0.29) is 23.9 Å². The molecule has 2 aromatic rings. The van der Waals surface area contributed by atoms with Gasteiger partial charge in [0.15, 0.2) is 0 Å². The number of hydrogen-bond acceptors (Lipinski definition) is 4. The van der Waals surface area contributed by atoms with Gasteiger partial charge in [-0.05, 0) is 42.8 Å². The first kappa shape index (κ1) is 20.0. The van der Waals surface area contributed by atoms with E-state index in [4.69, 9.17) is 16.3 Å². The zero-order valence-electron chi connectivity index (χ0n) is 16.4. The Bertz CT molecular complexity index is 877. The zero-order valence-corrected chi connectivity index (χ0v) is 17.2. The van der Waals surface area contributed by atoms with Crippen LogP contribution >= 0.6 is 11.6 Å². The van der Waals surface area contributed by atoms with Gasteiger partial charge < -0.3 is 15.0 Å². The first-order valence-corrected chi connectivity index (χ1v) is 10.3. The van der Waals surface area contributed by atoms with E-state index in [0.29, 0.717) is 24.5 Å². The summed E-state index contributed by atoms with van der Waals surface area (Å²) in [4.78, 5) is 17.1. The van der Waals surface area contributed by atoms with Gasteiger partial charge >= 0.3 is 0 Å². The molecule has 1 N–H and O–H groups in total. The Kier molecular flexibility index (Phi) is 5.92. The van der Waals surface area contributed by atoms with Gasteiger partial charge in [-0.25, -0.2) is 4.39 Å². The summed E-state index contributed by atoms with van der Waals surface area (Å²) in [5, 5.41) is 3.95. The maximum absolute atomic E-state index is 13.1. The van der Waals surface area contributed by atoms with E-state index in [9.17, 15) is 9.18 Å². The molecular weight excluding hydrogens is 393 g/mol. The van der Waals surface area contributed by atoms with Crippen molar-refractivity contribution >= 4 is 23.2 Å². The molecule has 0 bridgehead atoms. The molecular formula is C22H25ClFN3O2. The second-order valence-corrected chi connectivity index (χ2v) is 8.20. The van der Waals surface area contributed by atoms with Crippen molar-refractivity contribution in [1.29, 1.82) is 0 Å². The van der Waals surface area contributed by atoms with Crippen molar-refractivity contribution in [3.8, 4) is 5.75 Å². The van der Waals surface area contributed by atoms with Crippen LogP contribution < -0.4 is 10.1 Å². The lowest BCUT2D eigenvalue weighted by Crippen LogP contribution is -2.54. The molecule has 0 radical (unpaired) electrons. The SMILES string of the molecule is CC1CN(Cc2ccc(F)cc2)CCN1C(=O)CC1CNc2cc(Cl)ccc2O1. The van der Waals surface area contributed by atoms with Crippen LogP contribution in [0.2, 0.25) is 5.02 Å². The molecule has 2 aliphatic rings. The van der Waals surface area contributed by atoms with Gasteiger partial charge in [0.25, 0.3) is 0 Å². The molecule has 2 heterocycles. The third-order valence-corrected chi connectivity index (χ3v) is 5.74. The Morgan fingerprint density at radius 1 is 1.24 bits per heavy atom. The number of piperazine rings is 1. The predicted octanol–water partition coefficient (Wildman–Crippen LogP) is 3.78. The number of halogens is 2. The normalized spacial score (nSPS) is 21.8. The number of ether oxygens (including phenoxy) is 1. The van der Waals surface area contributed by atoms with Crippen molar-refractivity contribution in [2.24, 2.45) is 0 Å². The number of rotatable bonds is 4. The second kappa shape index (κ2) is 8.59. The summed E-state index contributed by atoms with van der Waals surface area (Å²) in [6.07, 6.45) is 0.151. The van der Waals surface area contributed by atoms with E-state index in [1.807, 2.05) is 29.2 Å². The molecule has 4 rings (SSSR count). The minimum absolute atomic E-state index is 0.114. The molecule has 2 unspecified atom stereocenters. The number of hydrogen-bond donors (Lipinski definition) is 1. The van der Waals surface area contributed by atoms with Crippen molar-refractivity contribution in [1.82, 2.24) is 9.80 Å². The van der Waals surface area contributed by atoms with Gasteiger partial charge in [-0.1, -0.05) is 23.7 Å². The second-order valence-electron chi connectivity index (χ2n) is 7.76. The minimum atomic E-state index is -0.220. The van der Waals surface area contributed by atoms with Crippen molar-refractivity contribution < 1.29 is 13.9 Å².